The number of nitrogens with zero attached hydrogens (tertiary/aromatic N) is 2. The van der Waals surface area contributed by atoms with E-state index in [1.807, 2.05) is 67.3 Å². The van der Waals surface area contributed by atoms with Gasteiger partial charge >= 0.3 is 0 Å². The van der Waals surface area contributed by atoms with Crippen LogP contribution in [0.1, 0.15) is 56.8 Å². The number of aliphatic hydroxyl groups excluding tert-OH is 2. The van der Waals surface area contributed by atoms with Crippen LogP contribution >= 0.6 is 11.3 Å². The van der Waals surface area contributed by atoms with Crippen molar-refractivity contribution in [1.82, 2.24) is 10.3 Å². The fraction of sp³-hybridized carbons (Fsp3) is 0.281. The lowest BCUT2D eigenvalue weighted by Gasteiger charge is -2.25. The Labute approximate surface area is 244 Å². The van der Waals surface area contributed by atoms with E-state index in [1.165, 1.54) is 16.9 Å². The summed E-state index contributed by atoms with van der Waals surface area (Å²) < 4.78 is 0.867. The van der Waals surface area contributed by atoms with Gasteiger partial charge in [0.15, 0.2) is 0 Å². The lowest BCUT2D eigenvalue weighted by Crippen LogP contribution is -2.35. The van der Waals surface area contributed by atoms with Crippen molar-refractivity contribution >= 4 is 44.5 Å². The molecule has 0 aliphatic heterocycles. The number of nitrogens with one attached hydrogen (secondary N) is 2. The summed E-state index contributed by atoms with van der Waals surface area (Å²) in [6.45, 7) is 8.72. The Balaban J connectivity index is 1.54. The number of benzene rings is 3. The van der Waals surface area contributed by atoms with Crippen molar-refractivity contribution in [2.24, 2.45) is 5.10 Å². The summed E-state index contributed by atoms with van der Waals surface area (Å²) in [4.78, 5) is 28.6. The second-order valence-corrected chi connectivity index (χ2v) is 11.4. The average molecular weight is 573 g/mol. The van der Waals surface area contributed by atoms with Gasteiger partial charge in [-0.3, -0.25) is 14.5 Å². The quantitative estimate of drug-likeness (QED) is 0.148. The lowest BCUT2D eigenvalue weighted by atomic mass is 10.1. The first-order chi connectivity index (χ1) is 19.6. The maximum atomic E-state index is 13.4. The van der Waals surface area contributed by atoms with Gasteiger partial charge in [-0.15, -0.1) is 11.3 Å². The van der Waals surface area contributed by atoms with Crippen LogP contribution < -0.4 is 10.7 Å². The molecule has 41 heavy (non-hydrogen) atoms. The Morgan fingerprint density at radius 1 is 0.927 bits per heavy atom. The molecule has 0 bridgehead atoms. The Morgan fingerprint density at radius 2 is 1.66 bits per heavy atom. The highest BCUT2D eigenvalue weighted by Crippen LogP contribution is 2.36. The Hall–Kier alpha value is -3.89. The molecule has 0 spiro atoms. The second-order valence-electron chi connectivity index (χ2n) is 10.4. The highest BCUT2D eigenvalue weighted by atomic mass is 32.1. The minimum Gasteiger partial charge on any atom is -0.392 e. The fourth-order valence-corrected chi connectivity index (χ4v) is 5.72. The van der Waals surface area contributed by atoms with Crippen LogP contribution in [-0.2, 0) is 6.54 Å². The van der Waals surface area contributed by atoms with Gasteiger partial charge in [0.05, 0.1) is 24.0 Å². The SMILES string of the molecule is Cc1ccc(/C=N/NC(=O)c2c(NC(=O)c3cccc(CN(CC(C)O)CC(C)O)c3)sc3ccccc23)cc1C. The summed E-state index contributed by atoms with van der Waals surface area (Å²) in [5.74, 6) is -0.762. The number of thiophene rings is 1. The van der Waals surface area contributed by atoms with Crippen LogP contribution in [0.15, 0.2) is 71.8 Å². The van der Waals surface area contributed by atoms with Crippen molar-refractivity contribution in [2.75, 3.05) is 18.4 Å². The zero-order valence-electron chi connectivity index (χ0n) is 23.7. The van der Waals surface area contributed by atoms with Crippen molar-refractivity contribution < 1.29 is 19.8 Å². The van der Waals surface area contributed by atoms with E-state index in [-0.39, 0.29) is 5.91 Å². The number of fused-ring (bicyclic) bond motifs is 1. The molecule has 0 saturated carbocycles. The van der Waals surface area contributed by atoms with Crippen LogP contribution in [0.5, 0.6) is 0 Å². The van der Waals surface area contributed by atoms with Crippen molar-refractivity contribution in [3.05, 3.63) is 100 Å². The van der Waals surface area contributed by atoms with E-state index in [0.29, 0.717) is 35.8 Å². The summed E-state index contributed by atoms with van der Waals surface area (Å²) in [6, 6.07) is 20.6. The predicted octanol–water partition coefficient (Wildman–Crippen LogP) is 5.10. The van der Waals surface area contributed by atoms with Crippen molar-refractivity contribution in [1.29, 1.82) is 0 Å². The third-order valence-corrected chi connectivity index (χ3v) is 7.69. The first kappa shape index (κ1) is 30.1. The molecule has 3 aromatic carbocycles. The van der Waals surface area contributed by atoms with Crippen molar-refractivity contribution in [3.8, 4) is 0 Å². The van der Waals surface area contributed by atoms with Crippen LogP contribution in [-0.4, -0.2) is 58.4 Å². The molecule has 0 radical (unpaired) electrons. The van der Waals surface area contributed by atoms with Gasteiger partial charge in [0.1, 0.15) is 5.00 Å². The standard InChI is InChI=1S/C32H36N4O4S/c1-20-12-13-24(14-21(20)2)16-33-35-31(40)29-27-10-5-6-11-28(27)41-32(29)34-30(39)26-9-7-8-25(15-26)19-36(17-22(3)37)18-23(4)38/h5-16,22-23,37-38H,17-19H2,1-4H3,(H,34,39)(H,35,40)/b33-16+. The van der Waals surface area contributed by atoms with E-state index in [1.54, 1.807) is 38.3 Å². The molecule has 0 aliphatic rings. The topological polar surface area (TPSA) is 114 Å². The number of hydrazone groups is 1. The molecule has 2 atom stereocenters. The molecule has 9 heteroatoms. The number of carbonyl (C=O) groups excluding carboxylic acids is 2. The number of carbonyl (C=O) groups is 2. The monoisotopic (exact) mass is 572 g/mol. The molecule has 0 saturated heterocycles. The van der Waals surface area contributed by atoms with Gasteiger partial charge in [-0.1, -0.05) is 48.5 Å². The molecule has 4 rings (SSSR count). The van der Waals surface area contributed by atoms with E-state index in [4.69, 9.17) is 0 Å². The predicted molar refractivity (Wildman–Crippen MR) is 166 cm³/mol. The molecule has 1 heterocycles. The molecule has 214 valence electrons. The zero-order valence-corrected chi connectivity index (χ0v) is 24.5. The molecule has 2 unspecified atom stereocenters. The van der Waals surface area contributed by atoms with Crippen LogP contribution in [0.2, 0.25) is 0 Å². The van der Waals surface area contributed by atoms with Gasteiger partial charge in [-0.25, -0.2) is 5.43 Å². The molecule has 2 amide bonds. The number of hydrogen-bond acceptors (Lipinski definition) is 7. The summed E-state index contributed by atoms with van der Waals surface area (Å²) >= 11 is 1.33. The van der Waals surface area contributed by atoms with Gasteiger partial charge in [-0.2, -0.15) is 5.10 Å². The van der Waals surface area contributed by atoms with Gasteiger partial charge in [0, 0.05) is 35.3 Å². The van der Waals surface area contributed by atoms with Crippen LogP contribution in [0.25, 0.3) is 10.1 Å². The molecule has 4 N–H and O–H groups in total. The van der Waals surface area contributed by atoms with Crippen LogP contribution in [0.3, 0.4) is 0 Å². The minimum absolute atomic E-state index is 0.344. The first-order valence-electron chi connectivity index (χ1n) is 13.5. The van der Waals surface area contributed by atoms with Gasteiger partial charge < -0.3 is 15.5 Å². The summed E-state index contributed by atoms with van der Waals surface area (Å²) in [5, 5.41) is 28.0. The maximum Gasteiger partial charge on any atom is 0.275 e. The molecule has 8 nitrogen and oxygen atoms in total. The van der Waals surface area contributed by atoms with E-state index in [0.717, 1.165) is 26.8 Å². The third-order valence-electron chi connectivity index (χ3n) is 6.60. The normalized spacial score (nSPS) is 13.0. The Morgan fingerprint density at radius 3 is 2.37 bits per heavy atom. The van der Waals surface area contributed by atoms with E-state index in [2.05, 4.69) is 15.8 Å². The lowest BCUT2D eigenvalue weighted by molar-refractivity contribution is 0.0793. The van der Waals surface area contributed by atoms with Crippen molar-refractivity contribution in [3.63, 3.8) is 0 Å². The fourth-order valence-electron chi connectivity index (χ4n) is 4.62. The molecule has 4 aromatic rings. The highest BCUT2D eigenvalue weighted by Gasteiger charge is 2.21. The van der Waals surface area contributed by atoms with E-state index in [9.17, 15) is 19.8 Å². The number of amides is 2. The number of rotatable bonds is 11. The first-order valence-corrected chi connectivity index (χ1v) is 14.3. The number of hydrogen-bond donors (Lipinski definition) is 4. The molecular formula is C32H36N4O4S. The second kappa shape index (κ2) is 13.6. The zero-order chi connectivity index (χ0) is 29.5. The Kier molecular flexibility index (Phi) is 10.0. The summed E-state index contributed by atoms with van der Waals surface area (Å²) in [5.41, 5.74) is 7.46. The van der Waals surface area contributed by atoms with E-state index < -0.39 is 18.1 Å². The summed E-state index contributed by atoms with van der Waals surface area (Å²) in [6.07, 6.45) is 0.493. The largest absolute Gasteiger partial charge is 0.392 e. The van der Waals surface area contributed by atoms with Crippen LogP contribution in [0.4, 0.5) is 5.00 Å². The molecule has 0 aliphatic carbocycles. The Bertz CT molecular complexity index is 1550. The maximum absolute atomic E-state index is 13.4. The smallest absolute Gasteiger partial charge is 0.275 e. The molecule has 0 fully saturated rings. The van der Waals surface area contributed by atoms with Crippen LogP contribution in [0, 0.1) is 13.8 Å². The van der Waals surface area contributed by atoms with Gasteiger partial charge in [-0.05, 0) is 68.1 Å². The average Bonchev–Trinajstić information content (AvgIpc) is 3.28. The summed E-state index contributed by atoms with van der Waals surface area (Å²) in [7, 11) is 0. The van der Waals surface area contributed by atoms with Crippen molar-refractivity contribution in [2.45, 2.75) is 46.4 Å². The molecule has 1 aromatic heterocycles. The number of aliphatic hydroxyl groups is 2. The third kappa shape index (κ3) is 8.08. The number of aryl methyl sites for hydroxylation is 2. The highest BCUT2D eigenvalue weighted by molar-refractivity contribution is 7.23. The van der Waals surface area contributed by atoms with Gasteiger partial charge in [0.25, 0.3) is 11.8 Å². The number of anilines is 1. The molecular weight excluding hydrogens is 536 g/mol. The minimum atomic E-state index is -0.553. The van der Waals surface area contributed by atoms with E-state index >= 15 is 0 Å². The van der Waals surface area contributed by atoms with Gasteiger partial charge in [0.2, 0.25) is 0 Å².